The number of nitrogens with zero attached hydrogens (tertiary/aromatic N) is 2. The summed E-state index contributed by atoms with van der Waals surface area (Å²) in [6.07, 6.45) is -5.02. The van der Waals surface area contributed by atoms with Gasteiger partial charge in [0.25, 0.3) is 0 Å². The van der Waals surface area contributed by atoms with Crippen LogP contribution >= 0.6 is 45.4 Å². The third-order valence-electron chi connectivity index (χ3n) is 3.71. The number of halogens is 2. The summed E-state index contributed by atoms with van der Waals surface area (Å²) >= 11 is 5.59. The summed E-state index contributed by atoms with van der Waals surface area (Å²) in [7, 11) is -11.3. The molecule has 0 aromatic carbocycles. The number of phosphoric acid groups is 2. The molecule has 1 saturated heterocycles. The fourth-order valence-corrected chi connectivity index (χ4v) is 8.59. The van der Waals surface area contributed by atoms with Crippen molar-refractivity contribution in [1.82, 2.24) is 9.55 Å². The normalized spacial score (nSPS) is 30.6. The van der Waals surface area contributed by atoms with E-state index in [4.69, 9.17) is 31.9 Å². The first kappa shape index (κ1) is 26.9. The average Bonchev–Trinajstić information content (AvgIpc) is 2.82. The molecule has 0 radical (unpaired) electrons. The maximum atomic E-state index is 14.7. The first-order valence-electron chi connectivity index (χ1n) is 7.70. The van der Waals surface area contributed by atoms with Crippen LogP contribution in [-0.2, 0) is 27.1 Å². The molecule has 2 rings (SSSR count). The van der Waals surface area contributed by atoms with Crippen molar-refractivity contribution in [1.29, 1.82) is 0 Å². The summed E-state index contributed by atoms with van der Waals surface area (Å²) in [5.41, 5.74) is 2.23. The van der Waals surface area contributed by atoms with Crippen molar-refractivity contribution >= 4 is 51.2 Å². The molecule has 0 aliphatic carbocycles. The van der Waals surface area contributed by atoms with Crippen LogP contribution in [0.5, 0.6) is 0 Å². The Balaban J connectivity index is 2.20. The second kappa shape index (κ2) is 9.47. The van der Waals surface area contributed by atoms with E-state index in [9.17, 15) is 37.8 Å². The highest BCUT2D eigenvalue weighted by molar-refractivity contribution is 8.55. The molecule has 1 fully saturated rings. The summed E-state index contributed by atoms with van der Waals surface area (Å²) in [5.74, 6) is -1.67. The molecule has 0 spiro atoms. The summed E-state index contributed by atoms with van der Waals surface area (Å²) in [6, 6.07) is 1.15. The van der Waals surface area contributed by atoms with Gasteiger partial charge in [0.05, 0.1) is 5.88 Å². The quantitative estimate of drug-likeness (QED) is 0.177. The molecule has 0 amide bonds. The number of rotatable bonds is 9. The fourth-order valence-electron chi connectivity index (χ4n) is 2.41. The van der Waals surface area contributed by atoms with Gasteiger partial charge in [0.1, 0.15) is 17.5 Å². The van der Waals surface area contributed by atoms with Gasteiger partial charge in [0, 0.05) is 11.9 Å². The third-order valence-corrected chi connectivity index (χ3v) is 10.4. The van der Waals surface area contributed by atoms with Gasteiger partial charge in [0.2, 0.25) is 0 Å². The lowest BCUT2D eigenvalue weighted by Gasteiger charge is -2.29. The number of nitrogen functional groups attached to an aromatic ring is 1. The molecule has 31 heavy (non-hydrogen) atoms. The summed E-state index contributed by atoms with van der Waals surface area (Å²) in [6.45, 7) is -5.20. The van der Waals surface area contributed by atoms with Crippen LogP contribution in [0.2, 0.25) is 0 Å². The lowest BCUT2D eigenvalue weighted by atomic mass is 10.0. The lowest BCUT2D eigenvalue weighted by Crippen LogP contribution is -2.46. The van der Waals surface area contributed by atoms with E-state index in [0.29, 0.717) is 4.57 Å². The first-order chi connectivity index (χ1) is 14.0. The van der Waals surface area contributed by atoms with Crippen LogP contribution in [0.4, 0.5) is 10.2 Å². The summed E-state index contributed by atoms with van der Waals surface area (Å²) in [4.78, 5) is 51.2. The van der Waals surface area contributed by atoms with Crippen molar-refractivity contribution in [2.75, 3.05) is 17.4 Å². The molecule has 178 valence electrons. The molecule has 0 bridgehead atoms. The smallest absolute Gasteiger partial charge is 0.387 e. The molecule has 0 saturated carbocycles. The molecule has 21 heteroatoms. The Morgan fingerprint density at radius 1 is 1.32 bits per heavy atom. The average molecular weight is 550 g/mol. The number of aromatic nitrogens is 2. The topological polar surface area (TPSA) is 241 Å². The van der Waals surface area contributed by atoms with Crippen molar-refractivity contribution in [2.45, 2.75) is 24.1 Å². The van der Waals surface area contributed by atoms with Crippen molar-refractivity contribution in [3.8, 4) is 0 Å². The van der Waals surface area contributed by atoms with Gasteiger partial charge in [-0.25, -0.2) is 22.9 Å². The van der Waals surface area contributed by atoms with Crippen LogP contribution in [0.3, 0.4) is 0 Å². The van der Waals surface area contributed by atoms with Gasteiger partial charge >= 0.3 is 28.1 Å². The van der Waals surface area contributed by atoms with Gasteiger partial charge in [-0.3, -0.25) is 4.57 Å². The number of anilines is 1. The highest BCUT2D eigenvalue weighted by atomic mass is 35.5. The van der Waals surface area contributed by atoms with Crippen LogP contribution < -0.4 is 11.4 Å². The predicted molar refractivity (Wildman–Crippen MR) is 104 cm³/mol. The second-order valence-corrected chi connectivity index (χ2v) is 13.1. The number of hydrogen-bond donors (Lipinski definition) is 6. The Kier molecular flexibility index (Phi) is 8.21. The van der Waals surface area contributed by atoms with Gasteiger partial charge in [-0.1, -0.05) is 0 Å². The Labute approximate surface area is 181 Å². The lowest BCUT2D eigenvalue weighted by molar-refractivity contribution is -0.0756. The second-order valence-electron chi connectivity index (χ2n) is 6.00. The number of aliphatic hydroxyl groups excluding tert-OH is 1. The van der Waals surface area contributed by atoms with Gasteiger partial charge in [-0.15, -0.1) is 11.6 Å². The Bertz CT molecular complexity index is 1030. The molecule has 15 nitrogen and oxygen atoms in total. The Morgan fingerprint density at radius 2 is 1.94 bits per heavy atom. The van der Waals surface area contributed by atoms with E-state index in [-0.39, 0.29) is 17.2 Å². The molecule has 2 heterocycles. The highest BCUT2D eigenvalue weighted by Crippen LogP contribution is 2.71. The molecular formula is C10H16ClFN3O12P3S. The van der Waals surface area contributed by atoms with Crippen LogP contribution in [0.25, 0.3) is 0 Å². The molecule has 1 aromatic heterocycles. The zero-order valence-corrected chi connectivity index (χ0v) is 19.1. The van der Waals surface area contributed by atoms with Gasteiger partial charge in [-0.2, -0.15) is 13.6 Å². The maximum absolute atomic E-state index is 14.7. The minimum atomic E-state index is -5.70. The van der Waals surface area contributed by atoms with E-state index in [1.807, 2.05) is 0 Å². The molecule has 1 aliphatic heterocycles. The van der Waals surface area contributed by atoms with E-state index in [1.165, 1.54) is 0 Å². The van der Waals surface area contributed by atoms with Crippen molar-refractivity contribution in [2.24, 2.45) is 0 Å². The molecular weight excluding hydrogens is 534 g/mol. The Morgan fingerprint density at radius 3 is 2.45 bits per heavy atom. The Hall–Kier alpha value is -0.380. The van der Waals surface area contributed by atoms with E-state index >= 15 is 0 Å². The van der Waals surface area contributed by atoms with Crippen LogP contribution in [0.1, 0.15) is 6.23 Å². The number of ether oxygens (including phenoxy) is 1. The number of nitrogens with two attached hydrogens (primary N) is 1. The van der Waals surface area contributed by atoms with E-state index < -0.39 is 63.9 Å². The zero-order chi connectivity index (χ0) is 23.8. The number of alkyl halides is 2. The standard InChI is InChI=1S/C10H16ClFN3O12P3S/c11-3-10(4-31-30(23,24)27-29(21,22)26-28(18,19)20)7(16)6(12)8(25-10)15-2-1-5(13)14-9(15)17/h1-2,6-8,16H,3-4H2,(H,21,22)(H,23,24)(H2,13,14,17)(H2,18,19,20)/t6-,7+,8-,10-/m1/s1. The van der Waals surface area contributed by atoms with E-state index in [1.54, 1.807) is 0 Å². The van der Waals surface area contributed by atoms with Crippen molar-refractivity contribution in [3.63, 3.8) is 0 Å². The van der Waals surface area contributed by atoms with Crippen molar-refractivity contribution < 1.29 is 56.1 Å². The van der Waals surface area contributed by atoms with Crippen molar-refractivity contribution in [3.05, 3.63) is 22.7 Å². The molecule has 1 aromatic rings. The third kappa shape index (κ3) is 6.81. The number of hydrogen-bond acceptors (Lipinski definition) is 11. The van der Waals surface area contributed by atoms with E-state index in [0.717, 1.165) is 12.3 Å². The zero-order valence-electron chi connectivity index (χ0n) is 14.9. The van der Waals surface area contributed by atoms with Crippen LogP contribution in [-0.4, -0.2) is 63.7 Å². The summed E-state index contributed by atoms with van der Waals surface area (Å²) in [5, 5.41) is 10.3. The van der Waals surface area contributed by atoms with Gasteiger partial charge in [0.15, 0.2) is 12.4 Å². The largest absolute Gasteiger partial charge is 0.488 e. The van der Waals surface area contributed by atoms with Gasteiger partial charge in [-0.05, 0) is 17.4 Å². The highest BCUT2D eigenvalue weighted by Gasteiger charge is 2.57. The van der Waals surface area contributed by atoms with E-state index in [2.05, 4.69) is 13.6 Å². The summed E-state index contributed by atoms with van der Waals surface area (Å²) < 4.78 is 62.1. The van der Waals surface area contributed by atoms with Gasteiger partial charge < -0.3 is 35.2 Å². The fraction of sp³-hybridized carbons (Fsp3) is 0.600. The molecule has 1 aliphatic rings. The number of aliphatic hydroxyl groups is 1. The SMILES string of the molecule is Nc1ccn([C@@H]2O[C@](CCl)(CSP(=O)(O)OP(=O)(O)OP(=O)(O)O)[C@@H](O)[C@H]2F)c(=O)n1. The molecule has 6 atom stereocenters. The maximum Gasteiger partial charge on any atom is 0.488 e. The minimum absolute atomic E-state index is 0.168. The van der Waals surface area contributed by atoms with Crippen LogP contribution in [0.15, 0.2) is 17.1 Å². The first-order valence-corrected chi connectivity index (χ1v) is 14.4. The monoisotopic (exact) mass is 549 g/mol. The predicted octanol–water partition coefficient (Wildman–Crippen LogP) is 0.0908. The minimum Gasteiger partial charge on any atom is -0.387 e. The molecule has 7 N–H and O–H groups in total. The van der Waals surface area contributed by atoms with Crippen LogP contribution in [0, 0.1) is 0 Å². The molecule has 2 unspecified atom stereocenters.